The van der Waals surface area contributed by atoms with Crippen molar-refractivity contribution in [2.75, 3.05) is 5.32 Å². The number of anilines is 1. The van der Waals surface area contributed by atoms with Crippen LogP contribution in [0.5, 0.6) is 5.75 Å². The van der Waals surface area contributed by atoms with Gasteiger partial charge in [0.15, 0.2) is 0 Å². The molecule has 2 aromatic carbocycles. The van der Waals surface area contributed by atoms with E-state index in [4.69, 9.17) is 11.6 Å². The van der Waals surface area contributed by atoms with E-state index in [-0.39, 0.29) is 22.0 Å². The number of non-ortho nitro benzene ring substituents is 1. The van der Waals surface area contributed by atoms with E-state index in [2.05, 4.69) is 21.2 Å². The lowest BCUT2D eigenvalue weighted by Gasteiger charge is -2.08. The standard InChI is InChI=1S/C13H8BrClN2O4/c14-9-6-8(17(20)21)2-3-11(9)16-13(19)7-1-4-12(18)10(15)5-7/h1-6,18H,(H,16,19). The van der Waals surface area contributed by atoms with Crippen LogP contribution in [-0.4, -0.2) is 15.9 Å². The molecule has 0 aromatic heterocycles. The number of halogens is 2. The lowest BCUT2D eigenvalue weighted by molar-refractivity contribution is -0.384. The Labute approximate surface area is 132 Å². The zero-order valence-corrected chi connectivity index (χ0v) is 12.7. The largest absolute Gasteiger partial charge is 0.506 e. The number of benzene rings is 2. The fourth-order valence-electron chi connectivity index (χ4n) is 1.56. The highest BCUT2D eigenvalue weighted by Gasteiger charge is 2.13. The van der Waals surface area contributed by atoms with Gasteiger partial charge in [-0.15, -0.1) is 0 Å². The summed E-state index contributed by atoms with van der Waals surface area (Å²) < 4.78 is 0.384. The van der Waals surface area contributed by atoms with Crippen LogP contribution in [0, 0.1) is 10.1 Å². The van der Waals surface area contributed by atoms with Crippen LogP contribution in [0.4, 0.5) is 11.4 Å². The second-order valence-electron chi connectivity index (χ2n) is 4.04. The molecule has 2 aromatic rings. The van der Waals surface area contributed by atoms with Crippen molar-refractivity contribution in [2.24, 2.45) is 0 Å². The Bertz CT molecular complexity index is 736. The van der Waals surface area contributed by atoms with Crippen LogP contribution < -0.4 is 5.32 Å². The number of nitrogens with zero attached hydrogens (tertiary/aromatic N) is 1. The number of nitro groups is 1. The van der Waals surface area contributed by atoms with Crippen LogP contribution in [-0.2, 0) is 0 Å². The summed E-state index contributed by atoms with van der Waals surface area (Å²) in [6.45, 7) is 0. The number of hydrogen-bond acceptors (Lipinski definition) is 4. The van der Waals surface area contributed by atoms with Gasteiger partial charge in [-0.2, -0.15) is 0 Å². The monoisotopic (exact) mass is 370 g/mol. The molecule has 1 amide bonds. The molecule has 0 aliphatic carbocycles. The van der Waals surface area contributed by atoms with Crippen molar-refractivity contribution in [1.82, 2.24) is 0 Å². The van der Waals surface area contributed by atoms with Crippen molar-refractivity contribution in [3.63, 3.8) is 0 Å². The molecule has 0 aliphatic heterocycles. The molecule has 0 saturated heterocycles. The van der Waals surface area contributed by atoms with Crippen molar-refractivity contribution in [3.05, 3.63) is 61.6 Å². The molecule has 2 rings (SSSR count). The van der Waals surface area contributed by atoms with Crippen LogP contribution >= 0.6 is 27.5 Å². The second kappa shape index (κ2) is 6.11. The van der Waals surface area contributed by atoms with Crippen molar-refractivity contribution in [2.45, 2.75) is 0 Å². The molecule has 0 bridgehead atoms. The van der Waals surface area contributed by atoms with Gasteiger partial charge in [0.1, 0.15) is 5.75 Å². The minimum Gasteiger partial charge on any atom is -0.506 e. The number of phenols is 1. The second-order valence-corrected chi connectivity index (χ2v) is 5.30. The van der Waals surface area contributed by atoms with Gasteiger partial charge in [0.05, 0.1) is 15.6 Å². The van der Waals surface area contributed by atoms with Gasteiger partial charge in [-0.3, -0.25) is 14.9 Å². The summed E-state index contributed by atoms with van der Waals surface area (Å²) in [5, 5.41) is 22.6. The molecule has 6 nitrogen and oxygen atoms in total. The Morgan fingerprint density at radius 1 is 1.29 bits per heavy atom. The van der Waals surface area contributed by atoms with Crippen molar-refractivity contribution < 1.29 is 14.8 Å². The number of nitro benzene ring substituents is 1. The molecule has 0 radical (unpaired) electrons. The number of rotatable bonds is 3. The third kappa shape index (κ3) is 3.50. The molecule has 0 fully saturated rings. The lowest BCUT2D eigenvalue weighted by atomic mass is 10.2. The van der Waals surface area contributed by atoms with E-state index in [9.17, 15) is 20.0 Å². The van der Waals surface area contributed by atoms with Gasteiger partial charge in [0, 0.05) is 22.2 Å². The summed E-state index contributed by atoms with van der Waals surface area (Å²) in [6, 6.07) is 8.04. The van der Waals surface area contributed by atoms with Gasteiger partial charge < -0.3 is 10.4 Å². The Balaban J connectivity index is 2.23. The van der Waals surface area contributed by atoms with E-state index < -0.39 is 10.8 Å². The molecule has 0 heterocycles. The lowest BCUT2D eigenvalue weighted by Crippen LogP contribution is -2.12. The number of aromatic hydroxyl groups is 1. The van der Waals surface area contributed by atoms with Gasteiger partial charge in [-0.1, -0.05) is 11.6 Å². The maximum absolute atomic E-state index is 12.0. The number of hydrogen-bond donors (Lipinski definition) is 2. The van der Waals surface area contributed by atoms with Gasteiger partial charge in [-0.05, 0) is 40.2 Å². The number of phenolic OH excluding ortho intramolecular Hbond substituents is 1. The van der Waals surface area contributed by atoms with Gasteiger partial charge in [0.2, 0.25) is 0 Å². The molecule has 0 spiro atoms. The molecule has 0 saturated carbocycles. The number of carbonyl (C=O) groups is 1. The first-order chi connectivity index (χ1) is 9.88. The van der Waals surface area contributed by atoms with Crippen LogP contribution in [0.2, 0.25) is 5.02 Å². The molecule has 0 unspecified atom stereocenters. The van der Waals surface area contributed by atoms with Gasteiger partial charge in [-0.25, -0.2) is 0 Å². The summed E-state index contributed by atoms with van der Waals surface area (Å²) in [6.07, 6.45) is 0. The quantitative estimate of drug-likeness (QED) is 0.631. The fraction of sp³-hybridized carbons (Fsp3) is 0. The van der Waals surface area contributed by atoms with E-state index in [0.29, 0.717) is 10.2 Å². The highest BCUT2D eigenvalue weighted by molar-refractivity contribution is 9.10. The number of nitrogens with one attached hydrogen (secondary N) is 1. The minimum absolute atomic E-state index is 0.0606. The summed E-state index contributed by atoms with van der Waals surface area (Å²) in [4.78, 5) is 22.1. The zero-order chi connectivity index (χ0) is 15.6. The summed E-state index contributed by atoms with van der Waals surface area (Å²) in [7, 11) is 0. The first-order valence-electron chi connectivity index (χ1n) is 5.62. The van der Waals surface area contributed by atoms with Gasteiger partial charge in [0.25, 0.3) is 11.6 Å². The highest BCUT2D eigenvalue weighted by atomic mass is 79.9. The molecular weight excluding hydrogens is 364 g/mol. The molecule has 0 aliphatic rings. The molecule has 0 atom stereocenters. The van der Waals surface area contributed by atoms with Crippen molar-refractivity contribution in [3.8, 4) is 5.75 Å². The molecule has 2 N–H and O–H groups in total. The number of carbonyl (C=O) groups excluding carboxylic acids is 1. The first-order valence-corrected chi connectivity index (χ1v) is 6.79. The van der Waals surface area contributed by atoms with E-state index in [1.165, 1.54) is 36.4 Å². The topological polar surface area (TPSA) is 92.5 Å². The summed E-state index contributed by atoms with van der Waals surface area (Å²) >= 11 is 8.89. The Morgan fingerprint density at radius 3 is 2.57 bits per heavy atom. The van der Waals surface area contributed by atoms with E-state index >= 15 is 0 Å². The van der Waals surface area contributed by atoms with Crippen molar-refractivity contribution >= 4 is 44.8 Å². The van der Waals surface area contributed by atoms with E-state index in [1.54, 1.807) is 0 Å². The Hall–Kier alpha value is -2.12. The number of amides is 1. The molecule has 108 valence electrons. The summed E-state index contributed by atoms with van der Waals surface area (Å²) in [5.74, 6) is -0.573. The smallest absolute Gasteiger partial charge is 0.270 e. The average Bonchev–Trinajstić information content (AvgIpc) is 2.43. The maximum Gasteiger partial charge on any atom is 0.270 e. The zero-order valence-electron chi connectivity index (χ0n) is 10.3. The fourth-order valence-corrected chi connectivity index (χ4v) is 2.21. The maximum atomic E-state index is 12.0. The van der Waals surface area contributed by atoms with Crippen molar-refractivity contribution in [1.29, 1.82) is 0 Å². The molecule has 21 heavy (non-hydrogen) atoms. The van der Waals surface area contributed by atoms with Crippen LogP contribution in [0.1, 0.15) is 10.4 Å². The van der Waals surface area contributed by atoms with E-state index in [0.717, 1.165) is 0 Å². The highest BCUT2D eigenvalue weighted by Crippen LogP contribution is 2.28. The normalized spacial score (nSPS) is 10.2. The predicted molar refractivity (Wildman–Crippen MR) is 81.9 cm³/mol. The molecular formula is C13H8BrClN2O4. The third-order valence-electron chi connectivity index (χ3n) is 2.62. The Kier molecular flexibility index (Phi) is 4.44. The molecule has 8 heteroatoms. The van der Waals surface area contributed by atoms with E-state index in [1.807, 2.05) is 0 Å². The Morgan fingerprint density at radius 2 is 2.00 bits per heavy atom. The first kappa shape index (κ1) is 15.3. The van der Waals surface area contributed by atoms with Crippen LogP contribution in [0.15, 0.2) is 40.9 Å². The van der Waals surface area contributed by atoms with Gasteiger partial charge >= 0.3 is 0 Å². The summed E-state index contributed by atoms with van der Waals surface area (Å²) in [5.41, 5.74) is 0.547. The SMILES string of the molecule is O=C(Nc1ccc([N+](=O)[O-])cc1Br)c1ccc(O)c(Cl)c1. The predicted octanol–water partition coefficient (Wildman–Crippen LogP) is 3.97. The third-order valence-corrected chi connectivity index (χ3v) is 3.58. The minimum atomic E-state index is -0.532. The average molecular weight is 372 g/mol. The van der Waals surface area contributed by atoms with Crippen LogP contribution in [0.25, 0.3) is 0 Å². The van der Waals surface area contributed by atoms with Crippen LogP contribution in [0.3, 0.4) is 0 Å².